The molecule has 2 aromatic rings. The molecule has 0 aromatic heterocycles. The lowest BCUT2D eigenvalue weighted by molar-refractivity contribution is -0.119. The molecule has 0 saturated carbocycles. The van der Waals surface area contributed by atoms with Gasteiger partial charge in [-0.2, -0.15) is 5.26 Å². The Labute approximate surface area is 195 Å². The number of carbonyl (C=O) groups is 2. The van der Waals surface area contributed by atoms with Crippen LogP contribution in [0, 0.1) is 25.2 Å². The molecular formula is C25H29ClN4O2. The number of benzene rings is 2. The fourth-order valence-corrected chi connectivity index (χ4v) is 4.27. The second kappa shape index (κ2) is 11.1. The summed E-state index contributed by atoms with van der Waals surface area (Å²) in [6.45, 7) is 7.20. The third-order valence-corrected chi connectivity index (χ3v) is 5.81. The molecule has 0 bridgehead atoms. The largest absolute Gasteiger partial charge is 0.337 e. The average molecular weight is 453 g/mol. The lowest BCUT2D eigenvalue weighted by Crippen LogP contribution is -2.42. The molecule has 7 heteroatoms. The lowest BCUT2D eigenvalue weighted by Gasteiger charge is -2.27. The summed E-state index contributed by atoms with van der Waals surface area (Å²) >= 11 is 6.04. The average Bonchev–Trinajstić information content (AvgIpc) is 2.98. The minimum atomic E-state index is -0.0356. The van der Waals surface area contributed by atoms with Crippen molar-refractivity contribution < 1.29 is 9.59 Å². The first kappa shape index (κ1) is 23.8. The van der Waals surface area contributed by atoms with E-state index in [1.165, 1.54) is 0 Å². The Morgan fingerprint density at radius 1 is 1.06 bits per heavy atom. The number of amides is 2. The molecule has 32 heavy (non-hydrogen) atoms. The van der Waals surface area contributed by atoms with Crippen molar-refractivity contribution in [1.29, 1.82) is 5.26 Å². The standard InChI is InChI=1S/C25H29ClN4O2/c1-19-14-20(2)16-23(15-19)30(11-4-8-27)24(31)18-28-9-5-10-29(13-12-28)25(32)21-6-3-7-22(26)17-21/h3,6-7,14-17H,4-5,9-13,18H2,1-2H3. The quantitative estimate of drug-likeness (QED) is 0.663. The Kier molecular flexibility index (Phi) is 8.26. The van der Waals surface area contributed by atoms with Crippen molar-refractivity contribution >= 4 is 29.1 Å². The van der Waals surface area contributed by atoms with Crippen LogP contribution in [0.2, 0.25) is 5.02 Å². The number of halogens is 1. The van der Waals surface area contributed by atoms with Gasteiger partial charge >= 0.3 is 0 Å². The van der Waals surface area contributed by atoms with E-state index in [1.54, 1.807) is 29.2 Å². The molecule has 0 radical (unpaired) electrons. The van der Waals surface area contributed by atoms with Crippen molar-refractivity contribution in [2.45, 2.75) is 26.7 Å². The van der Waals surface area contributed by atoms with E-state index in [0.717, 1.165) is 29.8 Å². The van der Waals surface area contributed by atoms with Crippen LogP contribution >= 0.6 is 11.6 Å². The fraction of sp³-hybridized carbons (Fsp3) is 0.400. The molecular weight excluding hydrogens is 424 g/mol. The maximum absolute atomic E-state index is 13.2. The molecule has 0 unspecified atom stereocenters. The minimum absolute atomic E-state index is 0.0279. The van der Waals surface area contributed by atoms with E-state index in [1.807, 2.05) is 30.9 Å². The third-order valence-electron chi connectivity index (χ3n) is 5.57. The Bertz CT molecular complexity index is 997. The number of rotatable bonds is 6. The van der Waals surface area contributed by atoms with E-state index >= 15 is 0 Å². The summed E-state index contributed by atoms with van der Waals surface area (Å²) in [7, 11) is 0. The lowest BCUT2D eigenvalue weighted by atomic mass is 10.1. The van der Waals surface area contributed by atoms with Gasteiger partial charge in [0.1, 0.15) is 0 Å². The number of nitriles is 1. The van der Waals surface area contributed by atoms with Gasteiger partial charge in [0.2, 0.25) is 5.91 Å². The molecule has 1 heterocycles. The minimum Gasteiger partial charge on any atom is -0.337 e. The summed E-state index contributed by atoms with van der Waals surface area (Å²) in [6.07, 6.45) is 1.07. The van der Waals surface area contributed by atoms with Crippen LogP contribution in [0.4, 0.5) is 5.69 Å². The van der Waals surface area contributed by atoms with E-state index in [9.17, 15) is 9.59 Å². The zero-order valence-electron chi connectivity index (χ0n) is 18.7. The van der Waals surface area contributed by atoms with Gasteiger partial charge in [-0.05, 0) is 61.7 Å². The molecule has 1 saturated heterocycles. The SMILES string of the molecule is Cc1cc(C)cc(N(CCC#N)C(=O)CN2CCCN(C(=O)c3cccc(Cl)c3)CC2)c1. The predicted octanol–water partition coefficient (Wildman–Crippen LogP) is 4.05. The highest BCUT2D eigenvalue weighted by atomic mass is 35.5. The number of aryl methyl sites for hydroxylation is 2. The second-order valence-electron chi connectivity index (χ2n) is 8.23. The number of nitrogens with zero attached hydrogens (tertiary/aromatic N) is 4. The van der Waals surface area contributed by atoms with Gasteiger partial charge in [0.15, 0.2) is 0 Å². The number of anilines is 1. The van der Waals surface area contributed by atoms with Crippen LogP contribution in [0.1, 0.15) is 34.3 Å². The van der Waals surface area contributed by atoms with Gasteiger partial charge in [-0.1, -0.05) is 23.7 Å². The van der Waals surface area contributed by atoms with Crippen LogP contribution in [0.25, 0.3) is 0 Å². The molecule has 0 aliphatic carbocycles. The molecule has 6 nitrogen and oxygen atoms in total. The molecule has 0 N–H and O–H groups in total. The van der Waals surface area contributed by atoms with Crippen molar-refractivity contribution in [3.63, 3.8) is 0 Å². The van der Waals surface area contributed by atoms with Gasteiger partial charge < -0.3 is 9.80 Å². The molecule has 1 fully saturated rings. The molecule has 0 atom stereocenters. The Balaban J connectivity index is 1.65. The van der Waals surface area contributed by atoms with Crippen LogP contribution in [-0.2, 0) is 4.79 Å². The van der Waals surface area contributed by atoms with Gasteiger partial charge in [-0.15, -0.1) is 0 Å². The molecule has 168 valence electrons. The highest BCUT2D eigenvalue weighted by Gasteiger charge is 2.24. The molecule has 3 rings (SSSR count). The zero-order valence-corrected chi connectivity index (χ0v) is 19.4. The molecule has 2 aromatic carbocycles. The fourth-order valence-electron chi connectivity index (χ4n) is 4.08. The van der Waals surface area contributed by atoms with Crippen molar-refractivity contribution in [3.05, 3.63) is 64.2 Å². The smallest absolute Gasteiger partial charge is 0.253 e. The maximum atomic E-state index is 13.2. The van der Waals surface area contributed by atoms with Crippen molar-refractivity contribution in [2.75, 3.05) is 44.2 Å². The van der Waals surface area contributed by atoms with Crippen LogP contribution in [0.3, 0.4) is 0 Å². The molecule has 2 amide bonds. The number of hydrogen-bond acceptors (Lipinski definition) is 4. The maximum Gasteiger partial charge on any atom is 0.253 e. The summed E-state index contributed by atoms with van der Waals surface area (Å²) in [4.78, 5) is 31.7. The molecule has 0 spiro atoms. The van der Waals surface area contributed by atoms with E-state index in [-0.39, 0.29) is 24.8 Å². The second-order valence-corrected chi connectivity index (χ2v) is 8.67. The van der Waals surface area contributed by atoms with Crippen LogP contribution < -0.4 is 4.90 Å². The summed E-state index contributed by atoms with van der Waals surface area (Å²) < 4.78 is 0. The summed E-state index contributed by atoms with van der Waals surface area (Å²) in [6, 6.07) is 15.2. The topological polar surface area (TPSA) is 67.7 Å². The highest BCUT2D eigenvalue weighted by molar-refractivity contribution is 6.30. The van der Waals surface area contributed by atoms with Gasteiger partial charge in [0.25, 0.3) is 5.91 Å². The van der Waals surface area contributed by atoms with Crippen LogP contribution in [0.5, 0.6) is 0 Å². The first-order valence-corrected chi connectivity index (χ1v) is 11.3. The van der Waals surface area contributed by atoms with Gasteiger partial charge in [0.05, 0.1) is 19.0 Å². The number of carbonyl (C=O) groups excluding carboxylic acids is 2. The third kappa shape index (κ3) is 6.32. The highest BCUT2D eigenvalue weighted by Crippen LogP contribution is 2.20. The van der Waals surface area contributed by atoms with E-state index in [0.29, 0.717) is 36.8 Å². The van der Waals surface area contributed by atoms with E-state index < -0.39 is 0 Å². The van der Waals surface area contributed by atoms with Gasteiger partial charge in [-0.25, -0.2) is 0 Å². The van der Waals surface area contributed by atoms with Crippen LogP contribution in [0.15, 0.2) is 42.5 Å². The Morgan fingerprint density at radius 3 is 2.50 bits per heavy atom. The van der Waals surface area contributed by atoms with Gasteiger partial charge in [-0.3, -0.25) is 14.5 Å². The van der Waals surface area contributed by atoms with Crippen LogP contribution in [-0.4, -0.2) is 60.9 Å². The first-order chi connectivity index (χ1) is 15.4. The Morgan fingerprint density at radius 2 is 1.81 bits per heavy atom. The molecule has 1 aliphatic rings. The monoisotopic (exact) mass is 452 g/mol. The molecule has 1 aliphatic heterocycles. The van der Waals surface area contributed by atoms with E-state index in [4.69, 9.17) is 16.9 Å². The summed E-state index contributed by atoms with van der Waals surface area (Å²) in [5, 5.41) is 9.60. The Hall–Kier alpha value is -2.88. The van der Waals surface area contributed by atoms with Crippen molar-refractivity contribution in [1.82, 2.24) is 9.80 Å². The van der Waals surface area contributed by atoms with Crippen molar-refractivity contribution in [2.24, 2.45) is 0 Å². The number of hydrogen-bond donors (Lipinski definition) is 0. The van der Waals surface area contributed by atoms with Crippen molar-refractivity contribution in [3.8, 4) is 6.07 Å². The predicted molar refractivity (Wildman–Crippen MR) is 127 cm³/mol. The first-order valence-electron chi connectivity index (χ1n) is 10.9. The van der Waals surface area contributed by atoms with E-state index in [2.05, 4.69) is 17.0 Å². The summed E-state index contributed by atoms with van der Waals surface area (Å²) in [5.41, 5.74) is 3.58. The summed E-state index contributed by atoms with van der Waals surface area (Å²) in [5.74, 6) is -0.0635. The van der Waals surface area contributed by atoms with Gasteiger partial charge in [0, 0.05) is 49.0 Å². The normalized spacial score (nSPS) is 14.5. The zero-order chi connectivity index (χ0) is 23.1.